The smallest absolute Gasteiger partial charge is 0.218 e. The maximum Gasteiger partial charge on any atom is 0.218 e. The number of hydrogen-bond acceptors (Lipinski definition) is 3. The number of para-hydroxylation sites is 1. The van der Waals surface area contributed by atoms with E-state index in [9.17, 15) is 4.79 Å². The molecule has 2 N–H and O–H groups in total. The highest BCUT2D eigenvalue weighted by atomic mass is 32.2. The fourth-order valence-electron chi connectivity index (χ4n) is 1.65. The molecule has 0 aliphatic heterocycles. The van der Waals surface area contributed by atoms with Gasteiger partial charge in [-0.05, 0) is 24.6 Å². The van der Waals surface area contributed by atoms with E-state index in [4.69, 9.17) is 5.73 Å². The van der Waals surface area contributed by atoms with E-state index in [1.54, 1.807) is 11.8 Å². The second-order valence-electron chi connectivity index (χ2n) is 3.86. The predicted octanol–water partition coefficient (Wildman–Crippen LogP) is 2.51. The number of fused-ring (bicyclic) bond motifs is 1. The van der Waals surface area contributed by atoms with Crippen LogP contribution in [0.2, 0.25) is 0 Å². The van der Waals surface area contributed by atoms with Crippen molar-refractivity contribution >= 4 is 28.6 Å². The van der Waals surface area contributed by atoms with Gasteiger partial charge in [0.1, 0.15) is 0 Å². The summed E-state index contributed by atoms with van der Waals surface area (Å²) in [5, 5.41) is 2.12. The van der Waals surface area contributed by atoms with Gasteiger partial charge in [-0.25, -0.2) is 4.98 Å². The largest absolute Gasteiger partial charge is 0.370 e. The fourth-order valence-corrected chi connectivity index (χ4v) is 2.58. The van der Waals surface area contributed by atoms with Crippen LogP contribution in [0.5, 0.6) is 0 Å². The Labute approximate surface area is 104 Å². The lowest BCUT2D eigenvalue weighted by molar-refractivity contribution is -0.117. The Morgan fingerprint density at radius 1 is 1.41 bits per heavy atom. The third-order valence-electron chi connectivity index (χ3n) is 2.50. The molecule has 0 spiro atoms. The number of pyridine rings is 1. The second kappa shape index (κ2) is 5.19. The first-order chi connectivity index (χ1) is 8.16. The van der Waals surface area contributed by atoms with E-state index in [1.165, 1.54) is 10.9 Å². The number of benzene rings is 1. The van der Waals surface area contributed by atoms with E-state index in [0.29, 0.717) is 12.2 Å². The summed E-state index contributed by atoms with van der Waals surface area (Å²) < 4.78 is 0. The van der Waals surface area contributed by atoms with Gasteiger partial charge >= 0.3 is 0 Å². The van der Waals surface area contributed by atoms with Crippen molar-refractivity contribution < 1.29 is 4.79 Å². The highest BCUT2D eigenvalue weighted by Crippen LogP contribution is 2.23. The van der Waals surface area contributed by atoms with E-state index >= 15 is 0 Å². The Balaban J connectivity index is 2.21. The van der Waals surface area contributed by atoms with E-state index in [2.05, 4.69) is 18.0 Å². The van der Waals surface area contributed by atoms with Crippen LogP contribution < -0.4 is 5.73 Å². The summed E-state index contributed by atoms with van der Waals surface area (Å²) >= 11 is 1.57. The van der Waals surface area contributed by atoms with Crippen molar-refractivity contribution in [2.24, 2.45) is 5.73 Å². The van der Waals surface area contributed by atoms with Crippen molar-refractivity contribution in [3.63, 3.8) is 0 Å². The lowest BCUT2D eigenvalue weighted by atomic mass is 10.1. The van der Waals surface area contributed by atoms with Gasteiger partial charge in [0, 0.05) is 17.6 Å². The maximum absolute atomic E-state index is 10.7. The molecule has 1 aromatic heterocycles. The van der Waals surface area contributed by atoms with E-state index in [1.807, 2.05) is 24.3 Å². The Hall–Kier alpha value is -1.55. The quantitative estimate of drug-likeness (QED) is 0.843. The lowest BCUT2D eigenvalue weighted by Gasteiger charge is -2.05. The average molecular weight is 246 g/mol. The van der Waals surface area contributed by atoms with E-state index in [-0.39, 0.29) is 5.91 Å². The summed E-state index contributed by atoms with van der Waals surface area (Å²) in [4.78, 5) is 15.2. The van der Waals surface area contributed by atoms with Gasteiger partial charge in [0.25, 0.3) is 0 Å². The Kier molecular flexibility index (Phi) is 3.64. The number of aromatic nitrogens is 1. The SMILES string of the molecule is Cc1cc(SCCC(N)=O)nc2ccccc12. The minimum absolute atomic E-state index is 0.269. The molecular formula is C13H14N2OS. The maximum atomic E-state index is 10.7. The molecule has 1 heterocycles. The molecule has 1 aromatic carbocycles. The molecule has 0 bridgehead atoms. The summed E-state index contributed by atoms with van der Waals surface area (Å²) in [7, 11) is 0. The average Bonchev–Trinajstić information content (AvgIpc) is 2.28. The van der Waals surface area contributed by atoms with Crippen LogP contribution in [-0.4, -0.2) is 16.6 Å². The molecule has 0 radical (unpaired) electrons. The van der Waals surface area contributed by atoms with Gasteiger partial charge in [0.15, 0.2) is 0 Å². The molecule has 0 fully saturated rings. The molecule has 0 atom stereocenters. The van der Waals surface area contributed by atoms with Gasteiger partial charge in [0.05, 0.1) is 10.5 Å². The van der Waals surface area contributed by atoms with Crippen LogP contribution in [0.3, 0.4) is 0 Å². The topological polar surface area (TPSA) is 56.0 Å². The summed E-state index contributed by atoms with van der Waals surface area (Å²) in [5.74, 6) is 0.412. The molecule has 0 unspecified atom stereocenters. The number of nitrogens with two attached hydrogens (primary N) is 1. The molecular weight excluding hydrogens is 232 g/mol. The number of carbonyl (C=O) groups is 1. The minimum atomic E-state index is -0.269. The normalized spacial score (nSPS) is 10.6. The van der Waals surface area contributed by atoms with E-state index in [0.717, 1.165) is 10.5 Å². The number of amides is 1. The van der Waals surface area contributed by atoms with Crippen molar-refractivity contribution in [2.45, 2.75) is 18.4 Å². The van der Waals surface area contributed by atoms with Crippen molar-refractivity contribution in [3.05, 3.63) is 35.9 Å². The first-order valence-electron chi connectivity index (χ1n) is 5.44. The highest BCUT2D eigenvalue weighted by molar-refractivity contribution is 7.99. The molecule has 3 nitrogen and oxygen atoms in total. The molecule has 0 aliphatic rings. The summed E-state index contributed by atoms with van der Waals surface area (Å²) in [6.45, 7) is 2.07. The molecule has 2 aromatic rings. The van der Waals surface area contributed by atoms with Crippen LogP contribution in [0.1, 0.15) is 12.0 Å². The van der Waals surface area contributed by atoms with Crippen molar-refractivity contribution in [1.29, 1.82) is 0 Å². The number of primary amides is 1. The second-order valence-corrected chi connectivity index (χ2v) is 4.97. The van der Waals surface area contributed by atoms with Crippen molar-refractivity contribution in [3.8, 4) is 0 Å². The molecule has 2 rings (SSSR count). The number of aryl methyl sites for hydroxylation is 1. The van der Waals surface area contributed by atoms with Gasteiger partial charge in [-0.1, -0.05) is 18.2 Å². The monoisotopic (exact) mass is 246 g/mol. The van der Waals surface area contributed by atoms with Gasteiger partial charge in [-0.2, -0.15) is 0 Å². The molecule has 0 saturated carbocycles. The summed E-state index contributed by atoms with van der Waals surface area (Å²) in [5.41, 5.74) is 7.30. The van der Waals surface area contributed by atoms with E-state index < -0.39 is 0 Å². The van der Waals surface area contributed by atoms with Crippen LogP contribution in [0.15, 0.2) is 35.4 Å². The van der Waals surface area contributed by atoms with Crippen molar-refractivity contribution in [2.75, 3.05) is 5.75 Å². The van der Waals surface area contributed by atoms with Crippen LogP contribution in [0.4, 0.5) is 0 Å². The molecule has 88 valence electrons. The number of rotatable bonds is 4. The predicted molar refractivity (Wildman–Crippen MR) is 71.0 cm³/mol. The Morgan fingerprint density at radius 2 is 2.18 bits per heavy atom. The standard InChI is InChI=1S/C13H14N2OS/c1-9-8-13(17-7-6-12(14)16)15-11-5-3-2-4-10(9)11/h2-5,8H,6-7H2,1H3,(H2,14,16). The summed E-state index contributed by atoms with van der Waals surface area (Å²) in [6, 6.07) is 10.1. The molecule has 17 heavy (non-hydrogen) atoms. The zero-order valence-corrected chi connectivity index (χ0v) is 10.5. The van der Waals surface area contributed by atoms with Gasteiger partial charge < -0.3 is 5.73 Å². The van der Waals surface area contributed by atoms with Crippen LogP contribution in [0.25, 0.3) is 10.9 Å². The van der Waals surface area contributed by atoms with Gasteiger partial charge in [0.2, 0.25) is 5.91 Å². The first-order valence-corrected chi connectivity index (χ1v) is 6.43. The number of nitrogens with zero attached hydrogens (tertiary/aromatic N) is 1. The third kappa shape index (κ3) is 2.97. The number of carbonyl (C=O) groups excluding carboxylic acids is 1. The molecule has 0 aliphatic carbocycles. The van der Waals surface area contributed by atoms with Crippen LogP contribution >= 0.6 is 11.8 Å². The Morgan fingerprint density at radius 3 is 2.94 bits per heavy atom. The third-order valence-corrected chi connectivity index (χ3v) is 3.41. The van der Waals surface area contributed by atoms with Crippen molar-refractivity contribution in [1.82, 2.24) is 4.98 Å². The number of thioether (sulfide) groups is 1. The van der Waals surface area contributed by atoms with Gasteiger partial charge in [-0.15, -0.1) is 11.8 Å². The summed E-state index contributed by atoms with van der Waals surface area (Å²) in [6.07, 6.45) is 0.387. The van der Waals surface area contributed by atoms with Crippen LogP contribution in [-0.2, 0) is 4.79 Å². The number of hydrogen-bond donors (Lipinski definition) is 1. The lowest BCUT2D eigenvalue weighted by Crippen LogP contribution is -2.10. The molecule has 1 amide bonds. The molecule has 4 heteroatoms. The molecule has 0 saturated heterocycles. The first kappa shape index (κ1) is 11.9. The highest BCUT2D eigenvalue weighted by Gasteiger charge is 2.03. The minimum Gasteiger partial charge on any atom is -0.370 e. The fraction of sp³-hybridized carbons (Fsp3) is 0.231. The van der Waals surface area contributed by atoms with Gasteiger partial charge in [-0.3, -0.25) is 4.79 Å². The zero-order valence-electron chi connectivity index (χ0n) is 9.64. The van der Waals surface area contributed by atoms with Crippen LogP contribution in [0, 0.1) is 6.92 Å². The zero-order chi connectivity index (χ0) is 12.3. The Bertz CT molecular complexity index is 554.